The van der Waals surface area contributed by atoms with E-state index in [1.165, 1.54) is 12.1 Å². The molecule has 12 heteroatoms. The van der Waals surface area contributed by atoms with Crippen molar-refractivity contribution < 1.29 is 22.7 Å². The van der Waals surface area contributed by atoms with Gasteiger partial charge < -0.3 is 15.4 Å². The van der Waals surface area contributed by atoms with Gasteiger partial charge in [-0.3, -0.25) is 9.59 Å². The molecule has 0 aliphatic carbocycles. The van der Waals surface area contributed by atoms with Crippen LogP contribution in [0.2, 0.25) is 0 Å². The minimum Gasteiger partial charge on any atom is -0.362 e. The van der Waals surface area contributed by atoms with Gasteiger partial charge in [0.2, 0.25) is 21.8 Å². The van der Waals surface area contributed by atoms with Crippen molar-refractivity contribution in [2.75, 3.05) is 25.1 Å². The molecule has 4 N–H and O–H groups in total. The average molecular weight is 669 g/mol. The lowest BCUT2D eigenvalue weighted by atomic mass is 10.1. The van der Waals surface area contributed by atoms with Gasteiger partial charge in [-0.25, -0.2) is 18.2 Å². The van der Waals surface area contributed by atoms with Crippen molar-refractivity contribution in [2.45, 2.75) is 37.5 Å². The number of carbonyl (C=O) groups is 2. The lowest BCUT2D eigenvalue weighted by Gasteiger charge is -2.09. The van der Waals surface area contributed by atoms with E-state index in [1.54, 1.807) is 28.9 Å². The number of halogens is 1. The summed E-state index contributed by atoms with van der Waals surface area (Å²) < 4.78 is 31.4. The zero-order chi connectivity index (χ0) is 30.8. The van der Waals surface area contributed by atoms with Crippen LogP contribution < -0.4 is 15.8 Å². The highest BCUT2D eigenvalue weighted by atomic mass is 79.9. The van der Waals surface area contributed by atoms with Crippen molar-refractivity contribution in [1.29, 1.82) is 0 Å². The topological polar surface area (TPSA) is 145 Å². The van der Waals surface area contributed by atoms with Gasteiger partial charge in [-0.15, -0.1) is 0 Å². The maximum absolute atomic E-state index is 12.3. The summed E-state index contributed by atoms with van der Waals surface area (Å²) in [6, 6.07) is 23.5. The normalized spacial score (nSPS) is 11.3. The standard InChI is InChI=1S/C31H34BrN5O5S/c1-2-3-4-17-34-30(38)20-42-21-31(39)35-25-11-5-22(6-12-25)18-26-19-29(23-7-9-24(32)10-8-23)37(36-26)27-13-15-28(16-14-27)43(33,40)41/h5-16,19H,2-4,17-18,20-21H2,1H3,(H,34,38)(H,35,39)(H2,33,40,41). The van der Waals surface area contributed by atoms with Crippen LogP contribution in [0.4, 0.5) is 5.69 Å². The molecule has 4 rings (SSSR count). The molecule has 43 heavy (non-hydrogen) atoms. The van der Waals surface area contributed by atoms with Crippen molar-refractivity contribution in [3.8, 4) is 16.9 Å². The van der Waals surface area contributed by atoms with Crippen LogP contribution in [0.5, 0.6) is 0 Å². The lowest BCUT2D eigenvalue weighted by Crippen LogP contribution is -2.30. The van der Waals surface area contributed by atoms with Crippen LogP contribution >= 0.6 is 15.9 Å². The van der Waals surface area contributed by atoms with Crippen molar-refractivity contribution in [3.63, 3.8) is 0 Å². The maximum atomic E-state index is 12.3. The predicted octanol–water partition coefficient (Wildman–Crippen LogP) is 4.80. The Morgan fingerprint density at radius 3 is 2.26 bits per heavy atom. The first kappa shape index (κ1) is 32.1. The van der Waals surface area contributed by atoms with E-state index in [4.69, 9.17) is 15.0 Å². The number of nitrogens with two attached hydrogens (primary N) is 1. The highest BCUT2D eigenvalue weighted by Crippen LogP contribution is 2.27. The fourth-order valence-electron chi connectivity index (χ4n) is 4.32. The number of aromatic nitrogens is 2. The Morgan fingerprint density at radius 2 is 1.60 bits per heavy atom. The van der Waals surface area contributed by atoms with Gasteiger partial charge in [-0.1, -0.05) is 60.0 Å². The third kappa shape index (κ3) is 9.58. The Balaban J connectivity index is 1.40. The van der Waals surface area contributed by atoms with E-state index in [1.807, 2.05) is 42.5 Å². The second kappa shape index (κ2) is 15.1. The Morgan fingerprint density at radius 1 is 0.930 bits per heavy atom. The summed E-state index contributed by atoms with van der Waals surface area (Å²) in [7, 11) is -3.81. The van der Waals surface area contributed by atoms with Gasteiger partial charge in [0.25, 0.3) is 0 Å². The number of unbranched alkanes of at least 4 members (excludes halogenated alkanes) is 2. The van der Waals surface area contributed by atoms with Gasteiger partial charge in [0.15, 0.2) is 0 Å². The molecule has 3 aromatic carbocycles. The zero-order valence-electron chi connectivity index (χ0n) is 23.8. The molecule has 0 bridgehead atoms. The van der Waals surface area contributed by atoms with Gasteiger partial charge in [0.1, 0.15) is 13.2 Å². The van der Waals surface area contributed by atoms with Gasteiger partial charge in [0, 0.05) is 28.7 Å². The fourth-order valence-corrected chi connectivity index (χ4v) is 5.10. The molecule has 0 saturated heterocycles. The zero-order valence-corrected chi connectivity index (χ0v) is 26.2. The lowest BCUT2D eigenvalue weighted by molar-refractivity contribution is -0.128. The first-order valence-electron chi connectivity index (χ1n) is 13.8. The number of ether oxygens (including phenoxy) is 1. The fraction of sp³-hybridized carbons (Fsp3) is 0.258. The molecule has 2 amide bonds. The minimum absolute atomic E-state index is 0.0240. The third-order valence-corrected chi connectivity index (χ3v) is 7.96. The Kier molecular flexibility index (Phi) is 11.2. The van der Waals surface area contributed by atoms with Crippen LogP contribution in [0.25, 0.3) is 16.9 Å². The first-order chi connectivity index (χ1) is 20.6. The summed E-state index contributed by atoms with van der Waals surface area (Å²) >= 11 is 3.47. The molecule has 0 unspecified atom stereocenters. The van der Waals surface area contributed by atoms with E-state index >= 15 is 0 Å². The highest BCUT2D eigenvalue weighted by molar-refractivity contribution is 9.10. The van der Waals surface area contributed by atoms with Gasteiger partial charge >= 0.3 is 0 Å². The Bertz CT molecular complexity index is 1640. The van der Waals surface area contributed by atoms with E-state index in [0.717, 1.165) is 46.2 Å². The van der Waals surface area contributed by atoms with Crippen LogP contribution in [-0.2, 0) is 30.8 Å². The monoisotopic (exact) mass is 667 g/mol. The number of carbonyl (C=O) groups excluding carboxylic acids is 2. The van der Waals surface area contributed by atoms with Gasteiger partial charge in [0.05, 0.1) is 22.0 Å². The number of amides is 2. The number of hydrogen-bond acceptors (Lipinski definition) is 6. The number of benzene rings is 3. The molecule has 4 aromatic rings. The largest absolute Gasteiger partial charge is 0.362 e. The summed E-state index contributed by atoms with van der Waals surface area (Å²) in [6.07, 6.45) is 3.58. The van der Waals surface area contributed by atoms with E-state index < -0.39 is 10.0 Å². The molecule has 0 aliphatic heterocycles. The van der Waals surface area contributed by atoms with Crippen LogP contribution in [0, 0.1) is 0 Å². The highest BCUT2D eigenvalue weighted by Gasteiger charge is 2.15. The quantitative estimate of drug-likeness (QED) is 0.165. The molecule has 0 spiro atoms. The second-order valence-corrected chi connectivity index (χ2v) is 12.4. The Labute approximate surface area is 259 Å². The molecule has 1 aromatic heterocycles. The average Bonchev–Trinajstić information content (AvgIpc) is 3.40. The molecule has 10 nitrogen and oxygen atoms in total. The molecule has 0 aliphatic rings. The molecule has 0 fully saturated rings. The first-order valence-corrected chi connectivity index (χ1v) is 16.2. The summed E-state index contributed by atoms with van der Waals surface area (Å²) in [5.41, 5.74) is 4.84. The number of anilines is 1. The van der Waals surface area contributed by atoms with Gasteiger partial charge in [-0.05, 0) is 66.6 Å². The molecule has 226 valence electrons. The van der Waals surface area contributed by atoms with Crippen molar-refractivity contribution >= 4 is 43.5 Å². The van der Waals surface area contributed by atoms with E-state index in [-0.39, 0.29) is 29.9 Å². The van der Waals surface area contributed by atoms with Crippen molar-refractivity contribution in [1.82, 2.24) is 15.1 Å². The van der Waals surface area contributed by atoms with Crippen molar-refractivity contribution in [3.05, 3.63) is 94.6 Å². The van der Waals surface area contributed by atoms with E-state index in [0.29, 0.717) is 24.3 Å². The molecule has 1 heterocycles. The summed E-state index contributed by atoms with van der Waals surface area (Å²) in [4.78, 5) is 24.1. The number of sulfonamides is 1. The number of hydrogen-bond donors (Lipinski definition) is 3. The summed E-state index contributed by atoms with van der Waals surface area (Å²) in [5, 5.41) is 15.6. The molecule has 0 radical (unpaired) electrons. The number of nitrogens with zero attached hydrogens (tertiary/aromatic N) is 2. The van der Waals surface area contributed by atoms with Crippen LogP contribution in [-0.4, -0.2) is 49.8 Å². The van der Waals surface area contributed by atoms with Crippen LogP contribution in [0.3, 0.4) is 0 Å². The minimum atomic E-state index is -3.81. The van der Waals surface area contributed by atoms with Crippen LogP contribution in [0.15, 0.2) is 88.2 Å². The smallest absolute Gasteiger partial charge is 0.250 e. The number of nitrogens with one attached hydrogen (secondary N) is 2. The number of rotatable bonds is 14. The Hall–Kier alpha value is -3.84. The SMILES string of the molecule is CCCCCNC(=O)COCC(=O)Nc1ccc(Cc2cc(-c3ccc(Br)cc3)n(-c3ccc(S(N)(=O)=O)cc3)n2)cc1. The van der Waals surface area contributed by atoms with E-state index in [9.17, 15) is 18.0 Å². The predicted molar refractivity (Wildman–Crippen MR) is 169 cm³/mol. The molecule has 0 saturated carbocycles. The second-order valence-electron chi connectivity index (χ2n) is 9.95. The summed E-state index contributed by atoms with van der Waals surface area (Å²) in [5.74, 6) is -0.586. The third-order valence-electron chi connectivity index (χ3n) is 6.50. The number of primary sulfonamides is 1. The van der Waals surface area contributed by atoms with Gasteiger partial charge in [-0.2, -0.15) is 5.10 Å². The van der Waals surface area contributed by atoms with Crippen molar-refractivity contribution in [2.24, 2.45) is 5.14 Å². The maximum Gasteiger partial charge on any atom is 0.250 e. The van der Waals surface area contributed by atoms with Crippen LogP contribution in [0.1, 0.15) is 37.4 Å². The van der Waals surface area contributed by atoms with E-state index in [2.05, 4.69) is 33.5 Å². The molecule has 0 atom stereocenters. The molecular weight excluding hydrogens is 634 g/mol. The summed E-state index contributed by atoms with van der Waals surface area (Å²) in [6.45, 7) is 2.31. The molecular formula is C31H34BrN5O5S.